The molecule has 3 aromatic rings. The van der Waals surface area contributed by atoms with Crippen molar-refractivity contribution in [1.82, 2.24) is 14.8 Å². The molecule has 12 heteroatoms. The average molecular weight is 573 g/mol. The van der Waals surface area contributed by atoms with E-state index in [2.05, 4.69) is 22.1 Å². The highest BCUT2D eigenvalue weighted by molar-refractivity contribution is 7.99. The minimum atomic E-state index is -0.623. The number of esters is 2. The number of aryl methyl sites for hydroxylation is 1. The summed E-state index contributed by atoms with van der Waals surface area (Å²) in [5, 5.41) is 12.0. The van der Waals surface area contributed by atoms with Crippen LogP contribution in [0.5, 0.6) is 5.75 Å². The van der Waals surface area contributed by atoms with Crippen LogP contribution >= 0.6 is 23.1 Å². The van der Waals surface area contributed by atoms with Crippen LogP contribution in [0.4, 0.5) is 5.00 Å². The molecule has 0 aliphatic heterocycles. The largest absolute Gasteiger partial charge is 0.483 e. The summed E-state index contributed by atoms with van der Waals surface area (Å²) >= 11 is 2.16. The third kappa shape index (κ3) is 7.48. The standard InChI is InChI=1S/C27H32N4O6S2/c1-7-14-31-23(18(6)37-19-12-10-16(4)11-13-19)29-30-27(31)38-15-20(32)28-24-21(25(33)35-8-2)17(5)22(39-24)26(34)36-9-3/h7,10-13,18H,1,8-9,14-15H2,2-6H3,(H,28,32). The van der Waals surface area contributed by atoms with E-state index in [0.29, 0.717) is 28.8 Å². The van der Waals surface area contributed by atoms with Crippen LogP contribution in [-0.4, -0.2) is 51.6 Å². The molecule has 10 nitrogen and oxygen atoms in total. The molecule has 39 heavy (non-hydrogen) atoms. The molecule has 0 aliphatic rings. The van der Waals surface area contributed by atoms with Gasteiger partial charge in [-0.05, 0) is 52.3 Å². The van der Waals surface area contributed by atoms with Crippen molar-refractivity contribution in [1.29, 1.82) is 0 Å². The first-order valence-electron chi connectivity index (χ1n) is 12.4. The Kier molecular flexibility index (Phi) is 10.7. The Morgan fingerprint density at radius 2 is 1.77 bits per heavy atom. The number of thiophene rings is 1. The number of amides is 1. The number of nitrogens with one attached hydrogen (secondary N) is 1. The number of rotatable bonds is 13. The molecule has 0 bridgehead atoms. The molecule has 0 spiro atoms. The normalized spacial score (nSPS) is 11.5. The van der Waals surface area contributed by atoms with Gasteiger partial charge in [-0.2, -0.15) is 0 Å². The van der Waals surface area contributed by atoms with Gasteiger partial charge in [-0.1, -0.05) is 35.5 Å². The van der Waals surface area contributed by atoms with Crippen LogP contribution in [0.2, 0.25) is 0 Å². The molecular weight excluding hydrogens is 540 g/mol. The van der Waals surface area contributed by atoms with Crippen molar-refractivity contribution in [3.8, 4) is 5.75 Å². The zero-order valence-corrected chi connectivity index (χ0v) is 24.2. The highest BCUT2D eigenvalue weighted by atomic mass is 32.2. The van der Waals surface area contributed by atoms with Gasteiger partial charge in [0.2, 0.25) is 5.91 Å². The second-order valence-corrected chi connectivity index (χ2v) is 10.3. The fourth-order valence-electron chi connectivity index (χ4n) is 3.62. The highest BCUT2D eigenvalue weighted by Gasteiger charge is 2.27. The molecular formula is C27H32N4O6S2. The summed E-state index contributed by atoms with van der Waals surface area (Å²) in [5.41, 5.74) is 1.67. The van der Waals surface area contributed by atoms with E-state index in [1.807, 2.05) is 42.7 Å². The van der Waals surface area contributed by atoms with Crippen molar-refractivity contribution in [2.24, 2.45) is 0 Å². The molecule has 3 rings (SSSR count). The lowest BCUT2D eigenvalue weighted by Crippen LogP contribution is -2.17. The van der Waals surface area contributed by atoms with Gasteiger partial charge in [0.15, 0.2) is 17.1 Å². The molecule has 1 amide bonds. The predicted octanol–water partition coefficient (Wildman–Crippen LogP) is 5.37. The summed E-state index contributed by atoms with van der Waals surface area (Å²) in [5.74, 6) is -0.288. The van der Waals surface area contributed by atoms with E-state index in [4.69, 9.17) is 14.2 Å². The third-order valence-electron chi connectivity index (χ3n) is 5.43. The molecule has 0 aliphatic carbocycles. The van der Waals surface area contributed by atoms with Crippen LogP contribution in [0.3, 0.4) is 0 Å². The molecule has 2 aromatic heterocycles. The van der Waals surface area contributed by atoms with Gasteiger partial charge in [0.25, 0.3) is 0 Å². The van der Waals surface area contributed by atoms with Crippen LogP contribution < -0.4 is 10.1 Å². The lowest BCUT2D eigenvalue weighted by atomic mass is 10.1. The molecule has 0 fully saturated rings. The van der Waals surface area contributed by atoms with Crippen molar-refractivity contribution in [3.63, 3.8) is 0 Å². The van der Waals surface area contributed by atoms with Crippen molar-refractivity contribution in [2.45, 2.75) is 52.4 Å². The van der Waals surface area contributed by atoms with Crippen molar-refractivity contribution >= 4 is 45.9 Å². The Labute approximate surface area is 235 Å². The van der Waals surface area contributed by atoms with E-state index in [-0.39, 0.29) is 40.3 Å². The summed E-state index contributed by atoms with van der Waals surface area (Å²) < 4.78 is 18.1. The fourth-order valence-corrected chi connectivity index (χ4v) is 5.48. The van der Waals surface area contributed by atoms with Crippen molar-refractivity contribution in [3.05, 3.63) is 64.3 Å². The van der Waals surface area contributed by atoms with E-state index in [9.17, 15) is 14.4 Å². The number of carbonyl (C=O) groups excluding carboxylic acids is 3. The average Bonchev–Trinajstić information content (AvgIpc) is 3.45. The van der Waals surface area contributed by atoms with E-state index in [1.165, 1.54) is 11.8 Å². The van der Waals surface area contributed by atoms with Gasteiger partial charge >= 0.3 is 11.9 Å². The van der Waals surface area contributed by atoms with Crippen molar-refractivity contribution < 1.29 is 28.6 Å². The SMILES string of the molecule is C=CCn1c(SCC(=O)Nc2sc(C(=O)OCC)c(C)c2C(=O)OCC)nnc1C(C)Oc1ccc(C)cc1. The number of nitrogens with zero attached hydrogens (tertiary/aromatic N) is 3. The van der Waals surface area contributed by atoms with Crippen LogP contribution in [0.25, 0.3) is 0 Å². The number of anilines is 1. The number of benzene rings is 1. The number of hydrogen-bond acceptors (Lipinski definition) is 10. The van der Waals surface area contributed by atoms with Crippen molar-refractivity contribution in [2.75, 3.05) is 24.3 Å². The van der Waals surface area contributed by atoms with Crippen LogP contribution in [0, 0.1) is 13.8 Å². The Morgan fingerprint density at radius 1 is 1.10 bits per heavy atom. The van der Waals surface area contributed by atoms with Gasteiger partial charge in [0.1, 0.15) is 15.6 Å². The first-order chi connectivity index (χ1) is 18.7. The van der Waals surface area contributed by atoms with Crippen LogP contribution in [0.15, 0.2) is 42.1 Å². The maximum Gasteiger partial charge on any atom is 0.348 e. The molecule has 1 atom stereocenters. The van der Waals surface area contributed by atoms with Gasteiger partial charge in [-0.15, -0.1) is 28.1 Å². The zero-order valence-electron chi connectivity index (χ0n) is 22.6. The number of aromatic nitrogens is 3. The minimum absolute atomic E-state index is 0.0174. The summed E-state index contributed by atoms with van der Waals surface area (Å²) in [7, 11) is 0. The van der Waals surface area contributed by atoms with Gasteiger partial charge in [-0.3, -0.25) is 9.36 Å². The first-order valence-corrected chi connectivity index (χ1v) is 14.2. The quantitative estimate of drug-likeness (QED) is 0.164. The topological polar surface area (TPSA) is 122 Å². The maximum absolute atomic E-state index is 12.9. The summed E-state index contributed by atoms with van der Waals surface area (Å²) in [6.45, 7) is 13.5. The lowest BCUT2D eigenvalue weighted by Gasteiger charge is -2.16. The Morgan fingerprint density at radius 3 is 2.41 bits per heavy atom. The van der Waals surface area contributed by atoms with Crippen LogP contribution in [0.1, 0.15) is 63.9 Å². The Bertz CT molecular complexity index is 1330. The molecule has 2 heterocycles. The number of ether oxygens (including phenoxy) is 3. The maximum atomic E-state index is 12.9. The predicted molar refractivity (Wildman–Crippen MR) is 151 cm³/mol. The second kappa shape index (κ2) is 13.9. The number of allylic oxidation sites excluding steroid dienone is 1. The first kappa shape index (κ1) is 29.9. The molecule has 0 radical (unpaired) electrons. The molecule has 1 unspecified atom stereocenters. The number of hydrogen-bond donors (Lipinski definition) is 1. The zero-order chi connectivity index (χ0) is 28.5. The van der Waals surface area contributed by atoms with E-state index in [1.54, 1.807) is 26.8 Å². The second-order valence-electron chi connectivity index (χ2n) is 8.35. The summed E-state index contributed by atoms with van der Waals surface area (Å²) in [6.07, 6.45) is 1.32. The monoisotopic (exact) mass is 572 g/mol. The molecule has 1 N–H and O–H groups in total. The Balaban J connectivity index is 1.75. The molecule has 0 saturated heterocycles. The Hall–Kier alpha value is -3.64. The fraction of sp³-hybridized carbons (Fsp3) is 0.370. The van der Waals surface area contributed by atoms with Gasteiger partial charge in [0, 0.05) is 6.54 Å². The highest BCUT2D eigenvalue weighted by Crippen LogP contribution is 2.35. The molecule has 208 valence electrons. The number of thioether (sulfide) groups is 1. The minimum Gasteiger partial charge on any atom is -0.483 e. The van der Waals surface area contributed by atoms with E-state index >= 15 is 0 Å². The molecule has 1 aromatic carbocycles. The third-order valence-corrected chi connectivity index (χ3v) is 7.58. The van der Waals surface area contributed by atoms with Gasteiger partial charge in [0.05, 0.1) is 24.5 Å². The van der Waals surface area contributed by atoms with E-state index in [0.717, 1.165) is 16.9 Å². The molecule has 0 saturated carbocycles. The summed E-state index contributed by atoms with van der Waals surface area (Å²) in [6, 6.07) is 7.72. The smallest absolute Gasteiger partial charge is 0.348 e. The number of carbonyl (C=O) groups is 3. The summed E-state index contributed by atoms with van der Waals surface area (Å²) in [4.78, 5) is 38.1. The van der Waals surface area contributed by atoms with Gasteiger partial charge in [-0.25, -0.2) is 9.59 Å². The van der Waals surface area contributed by atoms with E-state index < -0.39 is 18.0 Å². The lowest BCUT2D eigenvalue weighted by molar-refractivity contribution is -0.113. The van der Waals surface area contributed by atoms with Gasteiger partial charge < -0.3 is 19.5 Å². The van der Waals surface area contributed by atoms with Crippen LogP contribution in [-0.2, 0) is 20.8 Å².